The molecule has 3 rings (SSSR count). The van der Waals surface area contributed by atoms with Crippen molar-refractivity contribution >= 4 is 17.3 Å². The van der Waals surface area contributed by atoms with E-state index < -0.39 is 5.79 Å². The Bertz CT molecular complexity index is 928. The van der Waals surface area contributed by atoms with Crippen LogP contribution in [0.15, 0.2) is 23.8 Å². The molecule has 162 valence electrons. The van der Waals surface area contributed by atoms with Crippen LogP contribution in [0.25, 0.3) is 5.57 Å². The first-order chi connectivity index (χ1) is 14.3. The van der Waals surface area contributed by atoms with Crippen LogP contribution >= 0.6 is 0 Å². The van der Waals surface area contributed by atoms with Crippen molar-refractivity contribution in [3.05, 3.63) is 34.9 Å². The molecule has 30 heavy (non-hydrogen) atoms. The molecule has 0 bridgehead atoms. The molecule has 8 heteroatoms. The van der Waals surface area contributed by atoms with Crippen LogP contribution in [0.3, 0.4) is 0 Å². The van der Waals surface area contributed by atoms with Gasteiger partial charge in [-0.1, -0.05) is 0 Å². The number of benzene rings is 1. The van der Waals surface area contributed by atoms with Crippen molar-refractivity contribution in [1.29, 1.82) is 0 Å². The van der Waals surface area contributed by atoms with Crippen LogP contribution < -0.4 is 19.5 Å². The Morgan fingerprint density at radius 2 is 1.73 bits per heavy atom. The number of ketones is 1. The Morgan fingerprint density at radius 1 is 1.07 bits per heavy atom. The Kier molecular flexibility index (Phi) is 6.19. The van der Waals surface area contributed by atoms with E-state index in [0.717, 1.165) is 11.1 Å². The zero-order valence-corrected chi connectivity index (χ0v) is 18.1. The highest BCUT2D eigenvalue weighted by molar-refractivity contribution is 6.07. The molecule has 0 unspecified atom stereocenters. The van der Waals surface area contributed by atoms with Crippen molar-refractivity contribution in [2.24, 2.45) is 0 Å². The van der Waals surface area contributed by atoms with Gasteiger partial charge in [-0.2, -0.15) is 0 Å². The van der Waals surface area contributed by atoms with E-state index in [-0.39, 0.29) is 17.7 Å². The van der Waals surface area contributed by atoms with E-state index in [4.69, 9.17) is 23.7 Å². The van der Waals surface area contributed by atoms with E-state index in [1.807, 2.05) is 6.07 Å². The van der Waals surface area contributed by atoms with Gasteiger partial charge in [0.2, 0.25) is 17.4 Å². The van der Waals surface area contributed by atoms with Crippen LogP contribution in [0.5, 0.6) is 17.2 Å². The van der Waals surface area contributed by atoms with Crippen LogP contribution in [0.1, 0.15) is 24.5 Å². The quantitative estimate of drug-likeness (QED) is 0.708. The average Bonchev–Trinajstić information content (AvgIpc) is 2.88. The molecule has 1 aromatic carbocycles. The maximum Gasteiger partial charge on any atom is 0.253 e. The summed E-state index contributed by atoms with van der Waals surface area (Å²) in [7, 11) is 7.46. The van der Waals surface area contributed by atoms with Gasteiger partial charge in [0.1, 0.15) is 0 Å². The Labute approximate surface area is 175 Å². The number of nitrogens with one attached hydrogen (secondary N) is 1. The lowest BCUT2D eigenvalue weighted by Gasteiger charge is -2.32. The van der Waals surface area contributed by atoms with Gasteiger partial charge in [0.25, 0.3) is 5.79 Å². The summed E-state index contributed by atoms with van der Waals surface area (Å²) in [5, 5.41) is 2.95. The molecule has 2 aliphatic rings. The third-order valence-corrected chi connectivity index (χ3v) is 5.52. The van der Waals surface area contributed by atoms with Gasteiger partial charge in [-0.25, -0.2) is 0 Å². The Hall–Kier alpha value is -2.84. The normalized spacial score (nSPS) is 19.5. The third kappa shape index (κ3) is 3.46. The first-order valence-corrected chi connectivity index (χ1v) is 9.54. The molecular formula is C22H27NO7. The summed E-state index contributed by atoms with van der Waals surface area (Å²) in [5.74, 6) is -0.661. The number of carbonyl (C=O) groups is 2. The number of amides is 1. The molecule has 1 amide bonds. The molecule has 2 aliphatic carbocycles. The van der Waals surface area contributed by atoms with Gasteiger partial charge in [-0.3, -0.25) is 9.59 Å². The molecular weight excluding hydrogens is 390 g/mol. The molecule has 0 saturated carbocycles. The van der Waals surface area contributed by atoms with Crippen molar-refractivity contribution in [2.75, 3.05) is 35.5 Å². The van der Waals surface area contributed by atoms with Gasteiger partial charge in [0, 0.05) is 26.7 Å². The minimum atomic E-state index is -1.57. The summed E-state index contributed by atoms with van der Waals surface area (Å²) in [6.45, 7) is 1.45. The van der Waals surface area contributed by atoms with E-state index in [1.54, 1.807) is 20.3 Å². The van der Waals surface area contributed by atoms with E-state index in [9.17, 15) is 9.59 Å². The van der Waals surface area contributed by atoms with E-state index in [0.29, 0.717) is 41.2 Å². The molecule has 0 spiro atoms. The van der Waals surface area contributed by atoms with Crippen LogP contribution in [0, 0.1) is 0 Å². The minimum absolute atomic E-state index is 0.184. The highest BCUT2D eigenvalue weighted by atomic mass is 16.7. The van der Waals surface area contributed by atoms with Crippen molar-refractivity contribution in [3.63, 3.8) is 0 Å². The topological polar surface area (TPSA) is 92.3 Å². The number of hydrogen-bond donors (Lipinski definition) is 1. The highest BCUT2D eigenvalue weighted by Crippen LogP contribution is 2.50. The fourth-order valence-corrected chi connectivity index (χ4v) is 4.12. The molecule has 1 atom stereocenters. The molecule has 8 nitrogen and oxygen atoms in total. The number of methoxy groups -OCH3 is 5. The van der Waals surface area contributed by atoms with Crippen LogP contribution in [0.4, 0.5) is 0 Å². The fraction of sp³-hybridized carbons (Fsp3) is 0.455. The minimum Gasteiger partial charge on any atom is -0.493 e. The zero-order valence-electron chi connectivity index (χ0n) is 18.1. The molecule has 0 saturated heterocycles. The van der Waals surface area contributed by atoms with Crippen molar-refractivity contribution in [1.82, 2.24) is 5.32 Å². The Balaban J connectivity index is 2.35. The molecule has 0 aliphatic heterocycles. The summed E-state index contributed by atoms with van der Waals surface area (Å²) in [6, 6.07) is 1.53. The SMILES string of the molecule is COc1cc2c(c(OC)c1OC)C1=CC(OC)(OC)C(=O)C=C1[C@@H](NC(C)=O)CC2. The molecule has 0 radical (unpaired) electrons. The molecule has 0 heterocycles. The van der Waals surface area contributed by atoms with Gasteiger partial charge in [0.15, 0.2) is 11.5 Å². The van der Waals surface area contributed by atoms with E-state index in [2.05, 4.69) is 5.32 Å². The second kappa shape index (κ2) is 8.49. The first-order valence-electron chi connectivity index (χ1n) is 9.54. The standard InChI is InChI=1S/C22H27NO7/c1-12(24)23-16-8-7-13-9-17(26-2)20(27-3)21(28-4)19(13)15-11-22(29-5,30-6)18(25)10-14(15)16/h9-11,16H,7-8H2,1-6H3,(H,23,24)/t16-/m0/s1. The maximum atomic E-state index is 12.9. The summed E-state index contributed by atoms with van der Waals surface area (Å²) >= 11 is 0. The largest absolute Gasteiger partial charge is 0.493 e. The van der Waals surface area contributed by atoms with Gasteiger partial charge in [-0.15, -0.1) is 0 Å². The summed E-state index contributed by atoms with van der Waals surface area (Å²) in [4.78, 5) is 24.8. The van der Waals surface area contributed by atoms with Crippen LogP contribution in [-0.4, -0.2) is 59.1 Å². The predicted octanol–water partition coefficient (Wildman–Crippen LogP) is 2.04. The van der Waals surface area contributed by atoms with Crippen molar-refractivity contribution in [3.8, 4) is 17.2 Å². The van der Waals surface area contributed by atoms with Gasteiger partial charge >= 0.3 is 0 Å². The first kappa shape index (κ1) is 21.9. The van der Waals surface area contributed by atoms with Gasteiger partial charge in [-0.05, 0) is 47.8 Å². The summed E-state index contributed by atoms with van der Waals surface area (Å²) in [6.07, 6.45) is 4.33. The highest BCUT2D eigenvalue weighted by Gasteiger charge is 2.43. The second-order valence-corrected chi connectivity index (χ2v) is 7.07. The third-order valence-electron chi connectivity index (χ3n) is 5.52. The predicted molar refractivity (Wildman–Crippen MR) is 110 cm³/mol. The van der Waals surface area contributed by atoms with Crippen LogP contribution in [-0.2, 0) is 25.5 Å². The van der Waals surface area contributed by atoms with Crippen molar-refractivity contribution in [2.45, 2.75) is 31.6 Å². The molecule has 1 aromatic rings. The Morgan fingerprint density at radius 3 is 2.27 bits per heavy atom. The van der Waals surface area contributed by atoms with Gasteiger partial charge in [0.05, 0.1) is 27.4 Å². The number of carbonyl (C=O) groups excluding carboxylic acids is 2. The molecule has 0 aromatic heterocycles. The number of ether oxygens (including phenoxy) is 5. The van der Waals surface area contributed by atoms with Crippen molar-refractivity contribution < 1.29 is 33.3 Å². The maximum absolute atomic E-state index is 12.9. The molecule has 0 fully saturated rings. The number of rotatable bonds is 6. The lowest BCUT2D eigenvalue weighted by molar-refractivity contribution is -0.181. The zero-order chi connectivity index (χ0) is 22.1. The van der Waals surface area contributed by atoms with E-state index >= 15 is 0 Å². The average molecular weight is 417 g/mol. The second-order valence-electron chi connectivity index (χ2n) is 7.07. The monoisotopic (exact) mass is 417 g/mol. The lowest BCUT2D eigenvalue weighted by atomic mass is 9.84. The number of aryl methyl sites for hydroxylation is 1. The summed E-state index contributed by atoms with van der Waals surface area (Å²) < 4.78 is 27.7. The summed E-state index contributed by atoms with van der Waals surface area (Å²) in [5.41, 5.74) is 3.04. The number of hydrogen-bond acceptors (Lipinski definition) is 7. The van der Waals surface area contributed by atoms with Crippen LogP contribution in [0.2, 0.25) is 0 Å². The van der Waals surface area contributed by atoms with E-state index in [1.165, 1.54) is 34.3 Å². The molecule has 1 N–H and O–H groups in total. The fourth-order valence-electron chi connectivity index (χ4n) is 4.12. The van der Waals surface area contributed by atoms with Gasteiger partial charge < -0.3 is 29.0 Å². The smallest absolute Gasteiger partial charge is 0.253 e. The number of fused-ring (bicyclic) bond motifs is 3. The lowest BCUT2D eigenvalue weighted by Crippen LogP contribution is -2.44.